The molecular weight excluding hydrogens is 329 g/mol. The molecule has 24 heavy (non-hydrogen) atoms. The molecule has 3 amide bonds. The quantitative estimate of drug-likeness (QED) is 0.703. The number of halogens is 3. The number of alkyl halides is 3. The maximum absolute atomic E-state index is 12.0. The van der Waals surface area contributed by atoms with Crippen molar-refractivity contribution in [1.82, 2.24) is 15.6 Å². The first kappa shape index (κ1) is 19.5. The lowest BCUT2D eigenvalue weighted by Gasteiger charge is -2.14. The highest BCUT2D eigenvalue weighted by atomic mass is 19.4. The van der Waals surface area contributed by atoms with Gasteiger partial charge in [-0.3, -0.25) is 4.79 Å². The van der Waals surface area contributed by atoms with E-state index in [9.17, 15) is 22.8 Å². The standard InChI is InChI=1S/C14H19F3N4O3/c1-3-6-18-12(22)9(2)20-13(23)21-10-4-5-11(19-7-10)24-8-14(15,16)17/h4-5,7,9H,3,6,8H2,1-2H3,(H,18,22)(H2,20,21,23). The van der Waals surface area contributed by atoms with Crippen molar-refractivity contribution < 1.29 is 27.5 Å². The maximum atomic E-state index is 12.0. The number of ether oxygens (including phenoxy) is 1. The van der Waals surface area contributed by atoms with E-state index in [0.717, 1.165) is 12.6 Å². The topological polar surface area (TPSA) is 92.4 Å². The molecule has 1 aromatic heterocycles. The molecule has 1 aromatic rings. The van der Waals surface area contributed by atoms with Crippen molar-refractivity contribution >= 4 is 17.6 Å². The van der Waals surface area contributed by atoms with Gasteiger partial charge in [-0.05, 0) is 19.4 Å². The van der Waals surface area contributed by atoms with Crippen LogP contribution in [0.5, 0.6) is 5.88 Å². The maximum Gasteiger partial charge on any atom is 0.422 e. The molecule has 0 saturated carbocycles. The number of nitrogens with zero attached hydrogens (tertiary/aromatic N) is 1. The highest BCUT2D eigenvalue weighted by Gasteiger charge is 2.28. The number of pyridine rings is 1. The van der Waals surface area contributed by atoms with Gasteiger partial charge in [-0.25, -0.2) is 9.78 Å². The van der Waals surface area contributed by atoms with Crippen LogP contribution in [0.1, 0.15) is 20.3 Å². The Morgan fingerprint density at radius 3 is 2.58 bits per heavy atom. The fraction of sp³-hybridized carbons (Fsp3) is 0.500. The molecule has 10 heteroatoms. The van der Waals surface area contributed by atoms with Gasteiger partial charge in [0.25, 0.3) is 0 Å². The number of aromatic nitrogens is 1. The molecule has 1 atom stereocenters. The van der Waals surface area contributed by atoms with Crippen molar-refractivity contribution in [1.29, 1.82) is 0 Å². The van der Waals surface area contributed by atoms with Gasteiger partial charge in [0.05, 0.1) is 11.9 Å². The van der Waals surface area contributed by atoms with E-state index in [1.807, 2.05) is 6.92 Å². The lowest BCUT2D eigenvalue weighted by Crippen LogP contribution is -2.46. The van der Waals surface area contributed by atoms with E-state index in [-0.39, 0.29) is 17.5 Å². The van der Waals surface area contributed by atoms with Crippen LogP contribution >= 0.6 is 0 Å². The van der Waals surface area contributed by atoms with Gasteiger partial charge < -0.3 is 20.7 Å². The molecule has 0 fully saturated rings. The number of urea groups is 1. The summed E-state index contributed by atoms with van der Waals surface area (Å²) in [6.07, 6.45) is -2.53. The second-order valence-electron chi connectivity index (χ2n) is 4.90. The highest BCUT2D eigenvalue weighted by Crippen LogP contribution is 2.17. The van der Waals surface area contributed by atoms with E-state index in [0.29, 0.717) is 6.54 Å². The van der Waals surface area contributed by atoms with E-state index in [1.165, 1.54) is 19.1 Å². The minimum Gasteiger partial charge on any atom is -0.468 e. The molecule has 134 valence electrons. The molecule has 1 heterocycles. The summed E-state index contributed by atoms with van der Waals surface area (Å²) in [4.78, 5) is 27.0. The predicted octanol–water partition coefficient (Wildman–Crippen LogP) is 2.06. The third kappa shape index (κ3) is 7.65. The molecule has 0 bridgehead atoms. The number of hydrogen-bond acceptors (Lipinski definition) is 4. The predicted molar refractivity (Wildman–Crippen MR) is 80.7 cm³/mol. The van der Waals surface area contributed by atoms with E-state index in [2.05, 4.69) is 25.7 Å². The Hall–Kier alpha value is -2.52. The SMILES string of the molecule is CCCNC(=O)C(C)NC(=O)Nc1ccc(OCC(F)(F)F)nc1. The van der Waals surface area contributed by atoms with Crippen LogP contribution in [-0.4, -0.2) is 42.3 Å². The lowest BCUT2D eigenvalue weighted by atomic mass is 10.3. The van der Waals surface area contributed by atoms with E-state index < -0.39 is 24.9 Å². The molecule has 0 saturated heterocycles. The molecule has 7 nitrogen and oxygen atoms in total. The number of carbonyl (C=O) groups excluding carboxylic acids is 2. The van der Waals surface area contributed by atoms with Crippen LogP contribution in [0, 0.1) is 0 Å². The van der Waals surface area contributed by atoms with Crippen LogP contribution < -0.4 is 20.7 Å². The molecule has 1 unspecified atom stereocenters. The van der Waals surface area contributed by atoms with Crippen molar-refractivity contribution in [2.45, 2.75) is 32.5 Å². The summed E-state index contributed by atoms with van der Waals surface area (Å²) in [5, 5.41) is 7.47. The summed E-state index contributed by atoms with van der Waals surface area (Å²) >= 11 is 0. The van der Waals surface area contributed by atoms with Gasteiger partial charge in [0, 0.05) is 12.6 Å². The molecule has 0 radical (unpaired) electrons. The largest absolute Gasteiger partial charge is 0.468 e. The molecule has 1 rings (SSSR count). The third-order valence-electron chi connectivity index (χ3n) is 2.67. The number of rotatable bonds is 7. The summed E-state index contributed by atoms with van der Waals surface area (Å²) in [6, 6.07) is 1.15. The van der Waals surface area contributed by atoms with Crippen LogP contribution in [0.25, 0.3) is 0 Å². The van der Waals surface area contributed by atoms with Gasteiger partial charge in [-0.15, -0.1) is 0 Å². The van der Waals surface area contributed by atoms with Gasteiger partial charge in [0.2, 0.25) is 11.8 Å². The Kier molecular flexibility index (Phi) is 7.28. The summed E-state index contributed by atoms with van der Waals surface area (Å²) in [5.74, 6) is -0.536. The second-order valence-corrected chi connectivity index (χ2v) is 4.90. The van der Waals surface area contributed by atoms with Crippen LogP contribution in [0.3, 0.4) is 0 Å². The number of hydrogen-bond donors (Lipinski definition) is 3. The minimum atomic E-state index is -4.45. The normalized spacial score (nSPS) is 12.2. The fourth-order valence-electron chi connectivity index (χ4n) is 1.53. The Balaban J connectivity index is 2.45. The summed E-state index contributed by atoms with van der Waals surface area (Å²) in [6.45, 7) is 2.49. The van der Waals surface area contributed by atoms with Crippen molar-refractivity contribution in [3.8, 4) is 5.88 Å². The van der Waals surface area contributed by atoms with Crippen LogP contribution in [0.4, 0.5) is 23.7 Å². The molecule has 3 N–H and O–H groups in total. The molecule has 0 spiro atoms. The van der Waals surface area contributed by atoms with Gasteiger partial charge in [0.1, 0.15) is 6.04 Å². The summed E-state index contributed by atoms with van der Waals surface area (Å²) < 4.78 is 40.5. The van der Waals surface area contributed by atoms with E-state index in [4.69, 9.17) is 0 Å². The first-order valence-electron chi connectivity index (χ1n) is 7.22. The van der Waals surface area contributed by atoms with E-state index in [1.54, 1.807) is 0 Å². The Labute approximate surface area is 137 Å². The van der Waals surface area contributed by atoms with Crippen LogP contribution in [0.2, 0.25) is 0 Å². The summed E-state index contributed by atoms with van der Waals surface area (Å²) in [5.41, 5.74) is 0.244. The first-order valence-corrected chi connectivity index (χ1v) is 7.22. The second kappa shape index (κ2) is 8.94. The molecule has 0 aliphatic carbocycles. The smallest absolute Gasteiger partial charge is 0.422 e. The average molecular weight is 348 g/mol. The number of anilines is 1. The molecule has 0 aliphatic heterocycles. The zero-order valence-electron chi connectivity index (χ0n) is 13.2. The monoisotopic (exact) mass is 348 g/mol. The van der Waals surface area contributed by atoms with Gasteiger partial charge in [-0.1, -0.05) is 6.92 Å². The Bertz CT molecular complexity index is 549. The number of carbonyl (C=O) groups is 2. The van der Waals surface area contributed by atoms with Gasteiger partial charge >= 0.3 is 12.2 Å². The van der Waals surface area contributed by atoms with E-state index >= 15 is 0 Å². The third-order valence-corrected chi connectivity index (χ3v) is 2.67. The zero-order chi connectivity index (χ0) is 18.2. The van der Waals surface area contributed by atoms with Crippen molar-refractivity contribution in [2.75, 3.05) is 18.5 Å². The minimum absolute atomic E-state index is 0.217. The Morgan fingerprint density at radius 2 is 2.04 bits per heavy atom. The molecule has 0 aliphatic rings. The van der Waals surface area contributed by atoms with Crippen molar-refractivity contribution in [3.63, 3.8) is 0 Å². The van der Waals surface area contributed by atoms with Crippen LogP contribution in [0.15, 0.2) is 18.3 Å². The molecular formula is C14H19F3N4O3. The van der Waals surface area contributed by atoms with Crippen molar-refractivity contribution in [2.24, 2.45) is 0 Å². The highest BCUT2D eigenvalue weighted by molar-refractivity contribution is 5.93. The number of nitrogens with one attached hydrogen (secondary N) is 3. The fourth-order valence-corrected chi connectivity index (χ4v) is 1.53. The van der Waals surface area contributed by atoms with Crippen LogP contribution in [-0.2, 0) is 4.79 Å². The number of amides is 3. The van der Waals surface area contributed by atoms with Gasteiger partial charge in [0.15, 0.2) is 6.61 Å². The lowest BCUT2D eigenvalue weighted by molar-refractivity contribution is -0.154. The van der Waals surface area contributed by atoms with Gasteiger partial charge in [-0.2, -0.15) is 13.2 Å². The molecule has 0 aromatic carbocycles. The van der Waals surface area contributed by atoms with Crippen molar-refractivity contribution in [3.05, 3.63) is 18.3 Å². The zero-order valence-corrected chi connectivity index (χ0v) is 13.2. The summed E-state index contributed by atoms with van der Waals surface area (Å²) in [7, 11) is 0. The Morgan fingerprint density at radius 1 is 1.33 bits per heavy atom. The average Bonchev–Trinajstić information content (AvgIpc) is 2.51. The first-order chi connectivity index (χ1) is 11.2.